The molecule has 1 heterocycles. The fourth-order valence-electron chi connectivity index (χ4n) is 1.39. The van der Waals surface area contributed by atoms with Crippen LogP contribution in [-0.2, 0) is 0 Å². The fraction of sp³-hybridized carbons (Fsp3) is 0. The van der Waals surface area contributed by atoms with E-state index in [0.29, 0.717) is 0 Å². The number of rotatable bonds is 3. The maximum absolute atomic E-state index is 11.9. The summed E-state index contributed by atoms with van der Waals surface area (Å²) in [5, 5.41) is 13.0. The maximum atomic E-state index is 11.9. The van der Waals surface area contributed by atoms with Gasteiger partial charge in [-0.3, -0.25) is 14.9 Å². The molecule has 1 amide bonds. The second-order valence-electron chi connectivity index (χ2n) is 3.59. The number of nitro groups is 1. The van der Waals surface area contributed by atoms with Crippen molar-refractivity contribution in [2.24, 2.45) is 0 Å². The third-order valence-corrected chi connectivity index (χ3v) is 2.76. The minimum absolute atomic E-state index is 0.00969. The lowest BCUT2D eigenvalue weighted by atomic mass is 10.2. The van der Waals surface area contributed by atoms with E-state index in [2.05, 4.69) is 15.3 Å². The number of aromatic nitrogens is 2. The average molecular weight is 313 g/mol. The van der Waals surface area contributed by atoms with Gasteiger partial charge in [-0.1, -0.05) is 11.6 Å². The van der Waals surface area contributed by atoms with Gasteiger partial charge in [0.15, 0.2) is 0 Å². The molecule has 0 spiro atoms. The number of nitro benzene ring substituents is 1. The number of halogens is 2. The van der Waals surface area contributed by atoms with Crippen LogP contribution in [0.4, 0.5) is 11.5 Å². The zero-order valence-corrected chi connectivity index (χ0v) is 11.2. The van der Waals surface area contributed by atoms with Crippen LogP contribution in [0.15, 0.2) is 30.5 Å². The quantitative estimate of drug-likeness (QED) is 0.533. The number of nitrogens with zero attached hydrogens (tertiary/aromatic N) is 3. The van der Waals surface area contributed by atoms with E-state index in [-0.39, 0.29) is 27.4 Å². The smallest absolute Gasteiger partial charge is 0.287 e. The Morgan fingerprint density at radius 2 is 2.05 bits per heavy atom. The molecule has 0 saturated heterocycles. The summed E-state index contributed by atoms with van der Waals surface area (Å²) in [5.74, 6) is -0.305. The molecule has 2 aromatic rings. The highest BCUT2D eigenvalue weighted by Crippen LogP contribution is 2.25. The lowest BCUT2D eigenvalue weighted by Gasteiger charge is -2.04. The third kappa shape index (κ3) is 3.19. The summed E-state index contributed by atoms with van der Waals surface area (Å²) in [4.78, 5) is 29.4. The summed E-state index contributed by atoms with van der Waals surface area (Å²) in [6.45, 7) is 0. The van der Waals surface area contributed by atoms with Crippen LogP contribution in [0.2, 0.25) is 10.3 Å². The zero-order chi connectivity index (χ0) is 14.7. The van der Waals surface area contributed by atoms with E-state index in [1.54, 1.807) is 0 Å². The van der Waals surface area contributed by atoms with Crippen molar-refractivity contribution in [3.63, 3.8) is 0 Å². The molecular weight excluding hydrogens is 307 g/mol. The molecule has 0 aliphatic rings. The summed E-state index contributed by atoms with van der Waals surface area (Å²) in [7, 11) is 0. The van der Waals surface area contributed by atoms with Gasteiger partial charge in [-0.05, 0) is 29.8 Å². The van der Waals surface area contributed by atoms with Gasteiger partial charge in [0.25, 0.3) is 11.6 Å². The van der Waals surface area contributed by atoms with Crippen molar-refractivity contribution in [3.8, 4) is 0 Å². The van der Waals surface area contributed by atoms with E-state index in [9.17, 15) is 14.9 Å². The molecule has 0 atom stereocenters. The van der Waals surface area contributed by atoms with Crippen molar-refractivity contribution >= 4 is 40.6 Å². The minimum Gasteiger partial charge on any atom is -0.306 e. The van der Waals surface area contributed by atoms with Crippen molar-refractivity contribution in [1.29, 1.82) is 0 Å². The standard InChI is InChI=1S/C11H6Cl2N4O3/c12-7-5-6(1-2-8(7)17(19)20)10(18)15-9-3-4-14-11(13)16-9/h1-5H,(H,14,15,16,18). The molecule has 0 fully saturated rings. The molecule has 0 aliphatic carbocycles. The number of amides is 1. The molecule has 20 heavy (non-hydrogen) atoms. The highest BCUT2D eigenvalue weighted by atomic mass is 35.5. The van der Waals surface area contributed by atoms with Crippen LogP contribution >= 0.6 is 23.2 Å². The van der Waals surface area contributed by atoms with Crippen LogP contribution in [0.25, 0.3) is 0 Å². The molecule has 7 nitrogen and oxygen atoms in total. The van der Waals surface area contributed by atoms with Crippen molar-refractivity contribution in [3.05, 3.63) is 56.4 Å². The molecule has 1 aromatic heterocycles. The number of anilines is 1. The summed E-state index contributed by atoms with van der Waals surface area (Å²) < 4.78 is 0. The van der Waals surface area contributed by atoms with Crippen molar-refractivity contribution in [1.82, 2.24) is 9.97 Å². The normalized spacial score (nSPS) is 10.1. The first-order valence-electron chi connectivity index (χ1n) is 5.21. The Balaban J connectivity index is 2.22. The first kappa shape index (κ1) is 14.2. The Morgan fingerprint density at radius 1 is 1.30 bits per heavy atom. The Labute approximate surface area is 122 Å². The topological polar surface area (TPSA) is 98.0 Å². The van der Waals surface area contributed by atoms with E-state index in [1.165, 1.54) is 24.4 Å². The summed E-state index contributed by atoms with van der Waals surface area (Å²) in [6, 6.07) is 5.11. The average Bonchev–Trinajstić information content (AvgIpc) is 2.38. The molecule has 1 aromatic carbocycles. The van der Waals surface area contributed by atoms with Crippen LogP contribution in [0, 0.1) is 10.1 Å². The Morgan fingerprint density at radius 3 is 2.65 bits per heavy atom. The lowest BCUT2D eigenvalue weighted by molar-refractivity contribution is -0.384. The van der Waals surface area contributed by atoms with Gasteiger partial charge in [-0.15, -0.1) is 0 Å². The van der Waals surface area contributed by atoms with Gasteiger partial charge in [0.2, 0.25) is 5.28 Å². The van der Waals surface area contributed by atoms with E-state index in [1.807, 2.05) is 0 Å². The number of hydrogen-bond acceptors (Lipinski definition) is 5. The van der Waals surface area contributed by atoms with Crippen LogP contribution in [0.1, 0.15) is 10.4 Å². The van der Waals surface area contributed by atoms with Gasteiger partial charge in [0.1, 0.15) is 10.8 Å². The first-order chi connectivity index (χ1) is 9.47. The van der Waals surface area contributed by atoms with Gasteiger partial charge < -0.3 is 5.32 Å². The van der Waals surface area contributed by atoms with Crippen molar-refractivity contribution in [2.75, 3.05) is 5.32 Å². The lowest BCUT2D eigenvalue weighted by Crippen LogP contribution is -2.13. The maximum Gasteiger partial charge on any atom is 0.287 e. The van der Waals surface area contributed by atoms with E-state index < -0.39 is 10.8 Å². The van der Waals surface area contributed by atoms with Gasteiger partial charge in [-0.25, -0.2) is 9.97 Å². The number of nitrogens with one attached hydrogen (secondary N) is 1. The second-order valence-corrected chi connectivity index (χ2v) is 4.33. The number of benzene rings is 1. The highest BCUT2D eigenvalue weighted by Gasteiger charge is 2.15. The predicted molar refractivity (Wildman–Crippen MR) is 73.1 cm³/mol. The molecule has 9 heteroatoms. The Kier molecular flexibility index (Phi) is 4.11. The van der Waals surface area contributed by atoms with E-state index >= 15 is 0 Å². The van der Waals surface area contributed by atoms with Crippen molar-refractivity contribution < 1.29 is 9.72 Å². The summed E-state index contributed by atoms with van der Waals surface area (Å²) in [5.41, 5.74) is -0.108. The van der Waals surface area contributed by atoms with Gasteiger partial charge in [-0.2, -0.15) is 0 Å². The van der Waals surface area contributed by atoms with Gasteiger partial charge >= 0.3 is 0 Å². The minimum atomic E-state index is -0.631. The number of carbonyl (C=O) groups is 1. The molecule has 0 radical (unpaired) electrons. The number of hydrogen-bond donors (Lipinski definition) is 1. The SMILES string of the molecule is O=C(Nc1ccnc(Cl)n1)c1ccc([N+](=O)[O-])c(Cl)c1. The van der Waals surface area contributed by atoms with Gasteiger partial charge in [0, 0.05) is 17.8 Å². The summed E-state index contributed by atoms with van der Waals surface area (Å²) in [6.07, 6.45) is 1.38. The first-order valence-corrected chi connectivity index (χ1v) is 5.97. The van der Waals surface area contributed by atoms with Crippen LogP contribution in [-0.4, -0.2) is 20.8 Å². The molecule has 0 aliphatic heterocycles. The van der Waals surface area contributed by atoms with E-state index in [4.69, 9.17) is 23.2 Å². The molecule has 0 bridgehead atoms. The molecule has 0 unspecified atom stereocenters. The van der Waals surface area contributed by atoms with Crippen LogP contribution in [0.5, 0.6) is 0 Å². The molecular formula is C11H6Cl2N4O3. The predicted octanol–water partition coefficient (Wildman–Crippen LogP) is 2.94. The molecule has 2 rings (SSSR count). The zero-order valence-electron chi connectivity index (χ0n) is 9.71. The van der Waals surface area contributed by atoms with E-state index in [0.717, 1.165) is 6.07 Å². The Bertz CT molecular complexity index is 693. The summed E-state index contributed by atoms with van der Waals surface area (Å²) >= 11 is 11.3. The second kappa shape index (κ2) is 5.81. The fourth-order valence-corrected chi connectivity index (χ4v) is 1.79. The largest absolute Gasteiger partial charge is 0.306 e. The molecule has 102 valence electrons. The third-order valence-electron chi connectivity index (χ3n) is 2.27. The van der Waals surface area contributed by atoms with Crippen LogP contribution in [0.3, 0.4) is 0 Å². The van der Waals surface area contributed by atoms with Gasteiger partial charge in [0.05, 0.1) is 4.92 Å². The molecule has 1 N–H and O–H groups in total. The highest BCUT2D eigenvalue weighted by molar-refractivity contribution is 6.33. The number of carbonyl (C=O) groups excluding carboxylic acids is 1. The van der Waals surface area contributed by atoms with Crippen LogP contribution < -0.4 is 5.32 Å². The monoisotopic (exact) mass is 312 g/mol. The molecule has 0 saturated carbocycles. The van der Waals surface area contributed by atoms with Crippen molar-refractivity contribution in [2.45, 2.75) is 0 Å². The Hall–Kier alpha value is -2.25.